The Hall–Kier alpha value is -2.08. The lowest BCUT2D eigenvalue weighted by Gasteiger charge is -2.09. The molecule has 126 valence electrons. The molecule has 3 aromatic rings. The van der Waals surface area contributed by atoms with Gasteiger partial charge in [-0.15, -0.1) is 0 Å². The van der Waals surface area contributed by atoms with E-state index >= 15 is 0 Å². The van der Waals surface area contributed by atoms with Crippen LogP contribution >= 0.6 is 15.9 Å². The summed E-state index contributed by atoms with van der Waals surface area (Å²) in [5.41, 5.74) is 3.04. The molecule has 0 aliphatic rings. The van der Waals surface area contributed by atoms with Crippen LogP contribution in [0.1, 0.15) is 25.8 Å². The number of rotatable bonds is 5. The molecular formula is C18H20BrN3O2. The van der Waals surface area contributed by atoms with Crippen molar-refractivity contribution in [1.82, 2.24) is 14.5 Å². The van der Waals surface area contributed by atoms with E-state index in [1.807, 2.05) is 42.8 Å². The monoisotopic (exact) mass is 389 g/mol. The number of aryl methyl sites for hydroxylation is 2. The lowest BCUT2D eigenvalue weighted by Crippen LogP contribution is -2.12. The molecule has 1 N–H and O–H groups in total. The Morgan fingerprint density at radius 2 is 2.04 bits per heavy atom. The van der Waals surface area contributed by atoms with Gasteiger partial charge in [-0.1, -0.05) is 25.5 Å². The van der Waals surface area contributed by atoms with Gasteiger partial charge in [-0.2, -0.15) is 0 Å². The summed E-state index contributed by atoms with van der Waals surface area (Å²) >= 11 is 3.59. The highest BCUT2D eigenvalue weighted by molar-refractivity contribution is 9.10. The molecule has 2 heterocycles. The lowest BCUT2D eigenvalue weighted by molar-refractivity contribution is 0.341. The Morgan fingerprint density at radius 1 is 1.29 bits per heavy atom. The number of halogens is 1. The molecule has 0 spiro atoms. The molecule has 0 aliphatic heterocycles. The van der Waals surface area contributed by atoms with Gasteiger partial charge < -0.3 is 14.3 Å². The number of benzene rings is 1. The number of hydrogen-bond donors (Lipinski definition) is 1. The van der Waals surface area contributed by atoms with Crippen LogP contribution in [-0.2, 0) is 13.5 Å². The minimum atomic E-state index is -0.146. The zero-order chi connectivity index (χ0) is 17.3. The van der Waals surface area contributed by atoms with E-state index in [-0.39, 0.29) is 5.56 Å². The highest BCUT2D eigenvalue weighted by Crippen LogP contribution is 2.31. The average Bonchev–Trinajstić information content (AvgIpc) is 2.81. The third-order valence-corrected chi connectivity index (χ3v) is 5.01. The smallest absolute Gasteiger partial charge is 0.275 e. The molecule has 0 saturated carbocycles. The molecule has 3 rings (SSSR count). The number of nitrogens with one attached hydrogen (secondary N) is 1. The van der Waals surface area contributed by atoms with E-state index in [2.05, 4.69) is 27.8 Å². The van der Waals surface area contributed by atoms with Gasteiger partial charge in [-0.3, -0.25) is 4.79 Å². The highest BCUT2D eigenvalue weighted by atomic mass is 79.9. The SMILES string of the molecule is CCCc1c(Br)n(C)c2c(=O)[nH]c(-c3ccccc3OCC)nc12. The number of fused-ring (bicyclic) bond motifs is 1. The summed E-state index contributed by atoms with van der Waals surface area (Å²) in [5.74, 6) is 1.25. The van der Waals surface area contributed by atoms with Crippen molar-refractivity contribution in [3.8, 4) is 17.1 Å². The Morgan fingerprint density at radius 3 is 2.75 bits per heavy atom. The fourth-order valence-electron chi connectivity index (χ4n) is 2.93. The normalized spacial score (nSPS) is 11.2. The molecule has 0 aliphatic carbocycles. The van der Waals surface area contributed by atoms with Gasteiger partial charge in [0.25, 0.3) is 5.56 Å². The van der Waals surface area contributed by atoms with E-state index in [0.717, 1.165) is 39.8 Å². The summed E-state index contributed by atoms with van der Waals surface area (Å²) in [4.78, 5) is 20.3. The summed E-state index contributed by atoms with van der Waals surface area (Å²) in [6.07, 6.45) is 1.85. The highest BCUT2D eigenvalue weighted by Gasteiger charge is 2.19. The van der Waals surface area contributed by atoms with Crippen LogP contribution in [0.15, 0.2) is 33.7 Å². The second-order valence-electron chi connectivity index (χ2n) is 5.62. The van der Waals surface area contributed by atoms with E-state index in [4.69, 9.17) is 9.72 Å². The van der Waals surface area contributed by atoms with Gasteiger partial charge >= 0.3 is 0 Å². The van der Waals surface area contributed by atoms with Crippen molar-refractivity contribution in [3.05, 3.63) is 44.8 Å². The first-order valence-corrected chi connectivity index (χ1v) is 8.87. The maximum atomic E-state index is 12.7. The summed E-state index contributed by atoms with van der Waals surface area (Å²) in [7, 11) is 1.87. The number of nitrogens with zero attached hydrogens (tertiary/aromatic N) is 2. The van der Waals surface area contributed by atoms with Crippen molar-refractivity contribution in [1.29, 1.82) is 0 Å². The Kier molecular flexibility index (Phi) is 4.76. The molecule has 0 unspecified atom stereocenters. The predicted molar refractivity (Wildman–Crippen MR) is 99.6 cm³/mol. The van der Waals surface area contributed by atoms with Crippen LogP contribution in [0.3, 0.4) is 0 Å². The standard InChI is InChI=1S/C18H20BrN3O2/c1-4-8-12-14-15(22(3)16(12)19)18(23)21-17(20-14)11-9-6-7-10-13(11)24-5-2/h6-7,9-10H,4-5,8H2,1-3H3,(H,20,21,23). The van der Waals surface area contributed by atoms with E-state index in [1.165, 1.54) is 0 Å². The third kappa shape index (κ3) is 2.75. The number of para-hydroxylation sites is 1. The van der Waals surface area contributed by atoms with Gasteiger partial charge in [0.15, 0.2) is 0 Å². The molecule has 0 bridgehead atoms. The molecular weight excluding hydrogens is 370 g/mol. The molecule has 24 heavy (non-hydrogen) atoms. The van der Waals surface area contributed by atoms with E-state index in [0.29, 0.717) is 17.9 Å². The second kappa shape index (κ2) is 6.81. The van der Waals surface area contributed by atoms with Crippen LogP contribution in [0, 0.1) is 0 Å². The summed E-state index contributed by atoms with van der Waals surface area (Å²) < 4.78 is 8.43. The number of ether oxygens (including phenoxy) is 1. The van der Waals surface area contributed by atoms with Crippen molar-refractivity contribution in [2.75, 3.05) is 6.61 Å². The molecule has 0 fully saturated rings. The minimum absolute atomic E-state index is 0.146. The van der Waals surface area contributed by atoms with Gasteiger partial charge in [0.1, 0.15) is 22.6 Å². The quantitative estimate of drug-likeness (QED) is 0.715. The molecule has 6 heteroatoms. The fraction of sp³-hybridized carbons (Fsp3) is 0.333. The van der Waals surface area contributed by atoms with Gasteiger partial charge in [-0.25, -0.2) is 4.98 Å². The minimum Gasteiger partial charge on any atom is -0.493 e. The molecule has 0 amide bonds. The first kappa shape index (κ1) is 16.8. The predicted octanol–water partition coefficient (Wildman–Crippen LogP) is 4.04. The third-order valence-electron chi connectivity index (χ3n) is 4.00. The first-order valence-electron chi connectivity index (χ1n) is 8.07. The van der Waals surface area contributed by atoms with Crippen LogP contribution in [0.4, 0.5) is 0 Å². The number of aromatic nitrogens is 3. The maximum Gasteiger partial charge on any atom is 0.275 e. The van der Waals surface area contributed by atoms with Crippen LogP contribution in [0.25, 0.3) is 22.4 Å². The topological polar surface area (TPSA) is 59.9 Å². The van der Waals surface area contributed by atoms with Crippen LogP contribution in [0.5, 0.6) is 5.75 Å². The van der Waals surface area contributed by atoms with Gasteiger partial charge in [0.05, 0.1) is 16.8 Å². The number of aromatic amines is 1. The molecule has 1 aromatic carbocycles. The van der Waals surface area contributed by atoms with Crippen LogP contribution < -0.4 is 10.3 Å². The first-order chi connectivity index (χ1) is 11.6. The average molecular weight is 390 g/mol. The fourth-order valence-corrected chi connectivity index (χ4v) is 3.49. The molecule has 0 atom stereocenters. The summed E-state index contributed by atoms with van der Waals surface area (Å²) in [6, 6.07) is 7.62. The van der Waals surface area contributed by atoms with Crippen molar-refractivity contribution >= 4 is 27.0 Å². The zero-order valence-electron chi connectivity index (χ0n) is 14.0. The van der Waals surface area contributed by atoms with Gasteiger partial charge in [0, 0.05) is 12.6 Å². The number of H-pyrrole nitrogens is 1. The lowest BCUT2D eigenvalue weighted by atomic mass is 10.1. The second-order valence-corrected chi connectivity index (χ2v) is 6.37. The Labute approximate surface area is 148 Å². The Balaban J connectivity index is 2.29. The van der Waals surface area contributed by atoms with Crippen molar-refractivity contribution < 1.29 is 4.74 Å². The van der Waals surface area contributed by atoms with E-state index in [9.17, 15) is 4.79 Å². The summed E-state index contributed by atoms with van der Waals surface area (Å²) in [6.45, 7) is 4.61. The van der Waals surface area contributed by atoms with Crippen molar-refractivity contribution in [3.63, 3.8) is 0 Å². The zero-order valence-corrected chi connectivity index (χ0v) is 15.6. The maximum absolute atomic E-state index is 12.7. The van der Waals surface area contributed by atoms with Crippen LogP contribution in [-0.4, -0.2) is 21.1 Å². The van der Waals surface area contributed by atoms with E-state index < -0.39 is 0 Å². The molecule has 0 radical (unpaired) electrons. The Bertz CT molecular complexity index is 943. The number of hydrogen-bond acceptors (Lipinski definition) is 3. The molecule has 0 saturated heterocycles. The largest absolute Gasteiger partial charge is 0.493 e. The summed E-state index contributed by atoms with van der Waals surface area (Å²) in [5, 5.41) is 0. The molecule has 5 nitrogen and oxygen atoms in total. The molecule has 2 aromatic heterocycles. The van der Waals surface area contributed by atoms with Gasteiger partial charge in [0.2, 0.25) is 0 Å². The van der Waals surface area contributed by atoms with Crippen molar-refractivity contribution in [2.24, 2.45) is 7.05 Å². The van der Waals surface area contributed by atoms with Gasteiger partial charge in [-0.05, 0) is 41.4 Å². The van der Waals surface area contributed by atoms with Crippen molar-refractivity contribution in [2.45, 2.75) is 26.7 Å². The van der Waals surface area contributed by atoms with Crippen LogP contribution in [0.2, 0.25) is 0 Å². The van der Waals surface area contributed by atoms with E-state index in [1.54, 1.807) is 0 Å².